The summed E-state index contributed by atoms with van der Waals surface area (Å²) in [6.45, 7) is 8.44. The maximum absolute atomic E-state index is 6.11. The van der Waals surface area contributed by atoms with Crippen LogP contribution in [0.15, 0.2) is 61.2 Å². The van der Waals surface area contributed by atoms with E-state index in [1.165, 1.54) is 0 Å². The van der Waals surface area contributed by atoms with Crippen molar-refractivity contribution in [3.05, 3.63) is 72.3 Å². The van der Waals surface area contributed by atoms with Crippen LogP contribution in [0.25, 0.3) is 6.08 Å². The van der Waals surface area contributed by atoms with Crippen molar-refractivity contribution in [3.63, 3.8) is 0 Å². The summed E-state index contributed by atoms with van der Waals surface area (Å²) in [5, 5.41) is 0. The molecule has 0 heterocycles. The van der Waals surface area contributed by atoms with E-state index in [4.69, 9.17) is 9.47 Å². The molecule has 0 aliphatic carbocycles. The van der Waals surface area contributed by atoms with Crippen LogP contribution in [0.5, 0.6) is 5.75 Å². The summed E-state index contributed by atoms with van der Waals surface area (Å²) in [5.74, 6) is 0.190. The van der Waals surface area contributed by atoms with E-state index in [1.54, 1.807) is 0 Å². The standard InChI is InChI=1S/C20H24O2/c1-4-15-20(3,21-16-18-9-7-6-8-10-18)22-19-13-11-17(5-2)12-14-19/h5-14H,2,4,15-16H2,1,3H3. The fourth-order valence-corrected chi connectivity index (χ4v) is 2.34. The van der Waals surface area contributed by atoms with E-state index in [-0.39, 0.29) is 0 Å². The first-order valence-electron chi connectivity index (χ1n) is 7.74. The Morgan fingerprint density at radius 3 is 2.32 bits per heavy atom. The minimum Gasteiger partial charge on any atom is -0.463 e. The first-order chi connectivity index (χ1) is 10.6. The van der Waals surface area contributed by atoms with Crippen LogP contribution in [-0.4, -0.2) is 5.79 Å². The molecule has 2 aromatic rings. The molecule has 2 nitrogen and oxygen atoms in total. The van der Waals surface area contributed by atoms with Crippen molar-refractivity contribution in [2.24, 2.45) is 0 Å². The van der Waals surface area contributed by atoms with Crippen LogP contribution in [0, 0.1) is 0 Å². The molecule has 0 spiro atoms. The molecule has 0 saturated carbocycles. The van der Waals surface area contributed by atoms with Crippen LogP contribution in [0.4, 0.5) is 0 Å². The molecule has 1 unspecified atom stereocenters. The molecule has 0 aliphatic heterocycles. The summed E-state index contributed by atoms with van der Waals surface area (Å²) >= 11 is 0. The van der Waals surface area contributed by atoms with E-state index in [1.807, 2.05) is 55.5 Å². The Hall–Kier alpha value is -2.06. The fourth-order valence-electron chi connectivity index (χ4n) is 2.34. The molecule has 22 heavy (non-hydrogen) atoms. The van der Waals surface area contributed by atoms with E-state index in [9.17, 15) is 0 Å². The minimum absolute atomic E-state index is 0.544. The third-order valence-electron chi connectivity index (χ3n) is 3.54. The Labute approximate surface area is 133 Å². The molecule has 0 saturated heterocycles. The van der Waals surface area contributed by atoms with Gasteiger partial charge in [0, 0.05) is 13.3 Å². The Kier molecular flexibility index (Phi) is 5.79. The van der Waals surface area contributed by atoms with Gasteiger partial charge in [0.05, 0.1) is 6.61 Å². The zero-order chi connectivity index (χ0) is 15.8. The molecule has 116 valence electrons. The maximum Gasteiger partial charge on any atom is 0.207 e. The largest absolute Gasteiger partial charge is 0.463 e. The zero-order valence-corrected chi connectivity index (χ0v) is 13.4. The average molecular weight is 296 g/mol. The first kappa shape index (κ1) is 16.3. The molecule has 1 atom stereocenters. The summed E-state index contributed by atoms with van der Waals surface area (Å²) in [5.41, 5.74) is 2.23. The molecule has 0 radical (unpaired) electrons. The van der Waals surface area contributed by atoms with Gasteiger partial charge in [-0.05, 0) is 29.7 Å². The van der Waals surface area contributed by atoms with Gasteiger partial charge >= 0.3 is 0 Å². The Morgan fingerprint density at radius 2 is 1.73 bits per heavy atom. The van der Waals surface area contributed by atoms with Gasteiger partial charge in [0.15, 0.2) is 0 Å². The molecule has 0 amide bonds. The van der Waals surface area contributed by atoms with E-state index in [0.29, 0.717) is 6.61 Å². The van der Waals surface area contributed by atoms with Crippen molar-refractivity contribution < 1.29 is 9.47 Å². The summed E-state index contributed by atoms with van der Waals surface area (Å²) in [6, 6.07) is 18.1. The van der Waals surface area contributed by atoms with Crippen molar-refractivity contribution in [2.75, 3.05) is 0 Å². The van der Waals surface area contributed by atoms with E-state index in [0.717, 1.165) is 29.7 Å². The SMILES string of the molecule is C=Cc1ccc(OC(C)(CCC)OCc2ccccc2)cc1. The highest BCUT2D eigenvalue weighted by atomic mass is 16.7. The van der Waals surface area contributed by atoms with Gasteiger partial charge in [0.2, 0.25) is 5.79 Å². The Balaban J connectivity index is 2.04. The van der Waals surface area contributed by atoms with Crippen molar-refractivity contribution in [1.82, 2.24) is 0 Å². The molecule has 0 aliphatic rings. The third-order valence-corrected chi connectivity index (χ3v) is 3.54. The van der Waals surface area contributed by atoms with Gasteiger partial charge in [-0.1, -0.05) is 62.0 Å². The molecular weight excluding hydrogens is 272 g/mol. The van der Waals surface area contributed by atoms with Gasteiger partial charge in [-0.3, -0.25) is 0 Å². The lowest BCUT2D eigenvalue weighted by Gasteiger charge is -2.30. The topological polar surface area (TPSA) is 18.5 Å². The van der Waals surface area contributed by atoms with Crippen LogP contribution < -0.4 is 4.74 Å². The predicted octanol–water partition coefficient (Wildman–Crippen LogP) is 5.44. The summed E-state index contributed by atoms with van der Waals surface area (Å²) in [7, 11) is 0. The van der Waals surface area contributed by atoms with Gasteiger partial charge < -0.3 is 9.47 Å². The normalized spacial score (nSPS) is 13.4. The van der Waals surface area contributed by atoms with Crippen LogP contribution in [-0.2, 0) is 11.3 Å². The second kappa shape index (κ2) is 7.81. The van der Waals surface area contributed by atoms with Crippen LogP contribution in [0.2, 0.25) is 0 Å². The van der Waals surface area contributed by atoms with Gasteiger partial charge in [0.25, 0.3) is 0 Å². The second-order valence-corrected chi connectivity index (χ2v) is 5.53. The van der Waals surface area contributed by atoms with Gasteiger partial charge in [-0.2, -0.15) is 0 Å². The monoisotopic (exact) mass is 296 g/mol. The highest BCUT2D eigenvalue weighted by Crippen LogP contribution is 2.25. The van der Waals surface area contributed by atoms with Gasteiger partial charge in [-0.25, -0.2) is 0 Å². The number of ether oxygens (including phenoxy) is 2. The highest BCUT2D eigenvalue weighted by Gasteiger charge is 2.26. The molecule has 0 N–H and O–H groups in total. The van der Waals surface area contributed by atoms with Crippen LogP contribution in [0.1, 0.15) is 37.8 Å². The molecule has 0 fully saturated rings. The number of rotatable bonds is 8. The molecule has 0 bridgehead atoms. The molecular formula is C20H24O2. The third kappa shape index (κ3) is 4.74. The predicted molar refractivity (Wildman–Crippen MR) is 91.7 cm³/mol. The first-order valence-corrected chi connectivity index (χ1v) is 7.74. The van der Waals surface area contributed by atoms with Crippen LogP contribution in [0.3, 0.4) is 0 Å². The summed E-state index contributed by atoms with van der Waals surface area (Å²) < 4.78 is 12.2. The van der Waals surface area contributed by atoms with Gasteiger partial charge in [-0.15, -0.1) is 0 Å². The second-order valence-electron chi connectivity index (χ2n) is 5.53. The number of hydrogen-bond acceptors (Lipinski definition) is 2. The molecule has 2 rings (SSSR count). The van der Waals surface area contributed by atoms with Gasteiger partial charge in [0.1, 0.15) is 5.75 Å². The van der Waals surface area contributed by atoms with Crippen LogP contribution >= 0.6 is 0 Å². The smallest absolute Gasteiger partial charge is 0.207 e. The van der Waals surface area contributed by atoms with Crippen molar-refractivity contribution in [2.45, 2.75) is 39.1 Å². The lowest BCUT2D eigenvalue weighted by Crippen LogP contribution is -2.35. The lowest BCUT2D eigenvalue weighted by molar-refractivity contribution is -0.182. The number of benzene rings is 2. The Bertz CT molecular complexity index is 574. The molecule has 2 heteroatoms. The van der Waals surface area contributed by atoms with E-state index in [2.05, 4.69) is 25.6 Å². The number of hydrogen-bond donors (Lipinski definition) is 0. The highest BCUT2D eigenvalue weighted by molar-refractivity contribution is 5.48. The summed E-state index contributed by atoms with van der Waals surface area (Å²) in [6.07, 6.45) is 3.65. The average Bonchev–Trinajstić information content (AvgIpc) is 2.55. The van der Waals surface area contributed by atoms with Crippen molar-refractivity contribution >= 4 is 6.08 Å². The molecule has 2 aromatic carbocycles. The van der Waals surface area contributed by atoms with Crippen molar-refractivity contribution in [3.8, 4) is 5.75 Å². The van der Waals surface area contributed by atoms with E-state index < -0.39 is 5.79 Å². The molecule has 0 aromatic heterocycles. The maximum atomic E-state index is 6.11. The zero-order valence-electron chi connectivity index (χ0n) is 13.4. The van der Waals surface area contributed by atoms with Crippen molar-refractivity contribution in [1.29, 1.82) is 0 Å². The quantitative estimate of drug-likeness (QED) is 0.604. The lowest BCUT2D eigenvalue weighted by atomic mass is 10.1. The summed E-state index contributed by atoms with van der Waals surface area (Å²) in [4.78, 5) is 0. The fraction of sp³-hybridized carbons (Fsp3) is 0.300. The Morgan fingerprint density at radius 1 is 1.05 bits per heavy atom. The van der Waals surface area contributed by atoms with E-state index >= 15 is 0 Å². The minimum atomic E-state index is -0.625.